The van der Waals surface area contributed by atoms with Crippen molar-refractivity contribution in [2.75, 3.05) is 10.6 Å². The van der Waals surface area contributed by atoms with E-state index in [1.807, 2.05) is 53.9 Å². The van der Waals surface area contributed by atoms with Gasteiger partial charge in [-0.2, -0.15) is 0 Å². The summed E-state index contributed by atoms with van der Waals surface area (Å²) >= 11 is 1.45. The molecule has 4 rings (SSSR count). The van der Waals surface area contributed by atoms with Gasteiger partial charge in [0.25, 0.3) is 5.91 Å². The molecule has 0 saturated carbocycles. The van der Waals surface area contributed by atoms with Crippen molar-refractivity contribution < 1.29 is 9.18 Å². The van der Waals surface area contributed by atoms with Crippen LogP contribution in [-0.2, 0) is 5.41 Å². The molecule has 0 aliphatic carbocycles. The van der Waals surface area contributed by atoms with Crippen molar-refractivity contribution in [3.05, 3.63) is 95.1 Å². The van der Waals surface area contributed by atoms with E-state index >= 15 is 0 Å². The van der Waals surface area contributed by atoms with Crippen LogP contribution in [0.2, 0.25) is 0 Å². The van der Waals surface area contributed by atoms with Gasteiger partial charge in [-0.15, -0.1) is 11.3 Å². The van der Waals surface area contributed by atoms with Gasteiger partial charge in [-0.3, -0.25) is 4.79 Å². The summed E-state index contributed by atoms with van der Waals surface area (Å²) in [5.41, 5.74) is 4.97. The molecule has 1 amide bonds. The Kier molecular flexibility index (Phi) is 6.06. The molecular formula is C26H24FN3OS. The Bertz CT molecular complexity index is 1230. The van der Waals surface area contributed by atoms with Crippen molar-refractivity contribution in [2.24, 2.45) is 0 Å². The average Bonchev–Trinajstić information content (AvgIpc) is 3.22. The Labute approximate surface area is 191 Å². The molecule has 0 saturated heterocycles. The molecule has 0 atom stereocenters. The van der Waals surface area contributed by atoms with Gasteiger partial charge in [0.2, 0.25) is 0 Å². The molecule has 162 valence electrons. The highest BCUT2D eigenvalue weighted by Gasteiger charge is 2.14. The zero-order valence-corrected chi connectivity index (χ0v) is 19.0. The molecule has 0 unspecified atom stereocenters. The molecular weight excluding hydrogens is 421 g/mol. The minimum absolute atomic E-state index is 0.0488. The molecule has 4 nitrogen and oxygen atoms in total. The van der Waals surface area contributed by atoms with E-state index in [1.165, 1.54) is 29.0 Å². The van der Waals surface area contributed by atoms with Crippen LogP contribution in [0, 0.1) is 5.82 Å². The maximum atomic E-state index is 13.4. The van der Waals surface area contributed by atoms with Crippen molar-refractivity contribution >= 4 is 33.8 Å². The van der Waals surface area contributed by atoms with E-state index in [4.69, 9.17) is 0 Å². The van der Waals surface area contributed by atoms with Gasteiger partial charge in [0.15, 0.2) is 5.13 Å². The number of thiazole rings is 1. The first kappa shape index (κ1) is 21.7. The van der Waals surface area contributed by atoms with Crippen LogP contribution >= 0.6 is 11.3 Å². The fourth-order valence-corrected chi connectivity index (χ4v) is 3.94. The largest absolute Gasteiger partial charge is 0.331 e. The van der Waals surface area contributed by atoms with Gasteiger partial charge in [-0.1, -0.05) is 51.1 Å². The van der Waals surface area contributed by atoms with Gasteiger partial charge >= 0.3 is 0 Å². The highest BCUT2D eigenvalue weighted by molar-refractivity contribution is 7.14. The standard InChI is InChI=1S/C26H24FN3OS/c1-26(2,3)19-11-7-18(8-12-19)24(31)28-21-13-9-17(10-14-21)23-16-32-25(30-23)29-22-6-4-5-20(27)15-22/h4-16H,1-3H3,(H,28,31)(H,29,30). The lowest BCUT2D eigenvalue weighted by Gasteiger charge is -2.19. The number of nitrogens with one attached hydrogen (secondary N) is 2. The number of amides is 1. The Morgan fingerprint density at radius 1 is 0.938 bits per heavy atom. The Morgan fingerprint density at radius 2 is 1.66 bits per heavy atom. The van der Waals surface area contributed by atoms with E-state index in [0.717, 1.165) is 11.3 Å². The van der Waals surface area contributed by atoms with Crippen molar-refractivity contribution in [2.45, 2.75) is 26.2 Å². The van der Waals surface area contributed by atoms with E-state index in [2.05, 4.69) is 36.4 Å². The highest BCUT2D eigenvalue weighted by atomic mass is 32.1. The first-order valence-electron chi connectivity index (χ1n) is 10.3. The fraction of sp³-hybridized carbons (Fsp3) is 0.154. The second-order valence-corrected chi connectivity index (χ2v) is 9.39. The molecule has 6 heteroatoms. The van der Waals surface area contributed by atoms with Crippen LogP contribution in [0.3, 0.4) is 0 Å². The molecule has 1 heterocycles. The maximum absolute atomic E-state index is 13.4. The molecule has 1 aromatic heterocycles. The van der Waals surface area contributed by atoms with Crippen molar-refractivity contribution in [3.8, 4) is 11.3 Å². The van der Waals surface area contributed by atoms with Gasteiger partial charge in [-0.05, 0) is 53.4 Å². The van der Waals surface area contributed by atoms with Crippen LogP contribution in [-0.4, -0.2) is 10.9 Å². The number of hydrogen-bond donors (Lipinski definition) is 2. The summed E-state index contributed by atoms with van der Waals surface area (Å²) in [6, 6.07) is 21.5. The predicted molar refractivity (Wildman–Crippen MR) is 130 cm³/mol. The van der Waals surface area contributed by atoms with Crippen LogP contribution in [0.15, 0.2) is 78.2 Å². The number of rotatable bonds is 5. The zero-order chi connectivity index (χ0) is 22.7. The van der Waals surface area contributed by atoms with Gasteiger partial charge in [0.05, 0.1) is 5.69 Å². The third kappa shape index (κ3) is 5.21. The van der Waals surface area contributed by atoms with E-state index in [-0.39, 0.29) is 17.1 Å². The highest BCUT2D eigenvalue weighted by Crippen LogP contribution is 2.28. The van der Waals surface area contributed by atoms with Crippen LogP contribution in [0.1, 0.15) is 36.7 Å². The summed E-state index contributed by atoms with van der Waals surface area (Å²) in [6.07, 6.45) is 0. The minimum Gasteiger partial charge on any atom is -0.331 e. The second kappa shape index (κ2) is 8.93. The molecule has 32 heavy (non-hydrogen) atoms. The van der Waals surface area contributed by atoms with Gasteiger partial charge < -0.3 is 10.6 Å². The smallest absolute Gasteiger partial charge is 0.255 e. The molecule has 2 N–H and O–H groups in total. The topological polar surface area (TPSA) is 54.0 Å². The Balaban J connectivity index is 1.41. The number of nitrogens with zero attached hydrogens (tertiary/aromatic N) is 1. The molecule has 0 spiro atoms. The predicted octanol–water partition coefficient (Wildman–Crippen LogP) is 7.24. The Hall–Kier alpha value is -3.51. The molecule has 0 bridgehead atoms. The summed E-state index contributed by atoms with van der Waals surface area (Å²) in [4.78, 5) is 17.1. The fourth-order valence-electron chi connectivity index (χ4n) is 3.20. The van der Waals surface area contributed by atoms with Gasteiger partial charge in [0, 0.05) is 27.9 Å². The van der Waals surface area contributed by atoms with Gasteiger partial charge in [-0.25, -0.2) is 9.37 Å². The Morgan fingerprint density at radius 3 is 2.31 bits per heavy atom. The summed E-state index contributed by atoms with van der Waals surface area (Å²) < 4.78 is 13.4. The van der Waals surface area contributed by atoms with Crippen LogP contribution < -0.4 is 10.6 Å². The molecule has 0 radical (unpaired) electrons. The number of anilines is 3. The average molecular weight is 446 g/mol. The van der Waals surface area contributed by atoms with E-state index in [0.29, 0.717) is 22.1 Å². The maximum Gasteiger partial charge on any atom is 0.255 e. The second-order valence-electron chi connectivity index (χ2n) is 8.53. The minimum atomic E-state index is -0.297. The van der Waals surface area contributed by atoms with Crippen molar-refractivity contribution in [3.63, 3.8) is 0 Å². The summed E-state index contributed by atoms with van der Waals surface area (Å²) in [6.45, 7) is 6.44. The quantitative estimate of drug-likeness (QED) is 0.340. The molecule has 3 aromatic carbocycles. The van der Waals surface area contributed by atoms with E-state index < -0.39 is 0 Å². The van der Waals surface area contributed by atoms with Crippen molar-refractivity contribution in [1.29, 1.82) is 0 Å². The first-order chi connectivity index (χ1) is 15.3. The van der Waals surface area contributed by atoms with Crippen LogP contribution in [0.5, 0.6) is 0 Å². The number of hydrogen-bond acceptors (Lipinski definition) is 4. The third-order valence-electron chi connectivity index (χ3n) is 5.03. The number of benzene rings is 3. The lowest BCUT2D eigenvalue weighted by Crippen LogP contribution is -2.14. The molecule has 0 fully saturated rings. The number of aromatic nitrogens is 1. The number of carbonyl (C=O) groups excluding carboxylic acids is 1. The normalized spacial score (nSPS) is 11.2. The first-order valence-corrected chi connectivity index (χ1v) is 11.2. The van der Waals surface area contributed by atoms with Crippen molar-refractivity contribution in [1.82, 2.24) is 4.98 Å². The lowest BCUT2D eigenvalue weighted by atomic mass is 9.87. The molecule has 0 aliphatic rings. The summed E-state index contributed by atoms with van der Waals surface area (Å²) in [5, 5.41) is 8.67. The summed E-state index contributed by atoms with van der Waals surface area (Å²) in [7, 11) is 0. The zero-order valence-electron chi connectivity index (χ0n) is 18.1. The monoisotopic (exact) mass is 445 g/mol. The van der Waals surface area contributed by atoms with E-state index in [1.54, 1.807) is 12.1 Å². The molecule has 0 aliphatic heterocycles. The lowest BCUT2D eigenvalue weighted by molar-refractivity contribution is 0.102. The summed E-state index contributed by atoms with van der Waals surface area (Å²) in [5.74, 6) is -0.442. The number of halogens is 1. The molecule has 4 aromatic rings. The van der Waals surface area contributed by atoms with E-state index in [9.17, 15) is 9.18 Å². The SMILES string of the molecule is CC(C)(C)c1ccc(C(=O)Nc2ccc(-c3csc(Nc4cccc(F)c4)n3)cc2)cc1. The third-order valence-corrected chi connectivity index (χ3v) is 5.79. The van der Waals surface area contributed by atoms with Crippen LogP contribution in [0.4, 0.5) is 20.9 Å². The van der Waals surface area contributed by atoms with Crippen LogP contribution in [0.25, 0.3) is 11.3 Å². The van der Waals surface area contributed by atoms with Gasteiger partial charge in [0.1, 0.15) is 5.82 Å². The number of carbonyl (C=O) groups is 1.